The van der Waals surface area contributed by atoms with Crippen LogP contribution in [0.4, 0.5) is 5.69 Å². The molecule has 5 heteroatoms. The van der Waals surface area contributed by atoms with E-state index >= 15 is 0 Å². The summed E-state index contributed by atoms with van der Waals surface area (Å²) in [5, 5.41) is 11.4. The van der Waals surface area contributed by atoms with Gasteiger partial charge in [0.05, 0.1) is 11.1 Å². The summed E-state index contributed by atoms with van der Waals surface area (Å²) in [5.41, 5.74) is 7.13. The van der Waals surface area contributed by atoms with Crippen molar-refractivity contribution in [3.8, 4) is 0 Å². The van der Waals surface area contributed by atoms with Crippen molar-refractivity contribution < 1.29 is 5.11 Å². The highest BCUT2D eigenvalue weighted by Gasteiger charge is 2.10. The Bertz CT molecular complexity index is 577. The Morgan fingerprint density at radius 3 is 2.68 bits per heavy atom. The molecule has 1 unspecified atom stereocenters. The molecule has 19 heavy (non-hydrogen) atoms. The Morgan fingerprint density at radius 2 is 1.95 bits per heavy atom. The van der Waals surface area contributed by atoms with Crippen LogP contribution in [0, 0.1) is 0 Å². The maximum absolute atomic E-state index is 10.1. The lowest BCUT2D eigenvalue weighted by Gasteiger charge is -2.12. The van der Waals surface area contributed by atoms with Crippen LogP contribution < -0.4 is 5.73 Å². The van der Waals surface area contributed by atoms with Gasteiger partial charge in [-0.3, -0.25) is 0 Å². The Kier molecular flexibility index (Phi) is 4.99. The number of nitrogens with two attached hydrogens (primary N) is 1. The standard InChI is InChI=1S/C14H13Cl2NOS/c15-10-4-5-12(16)14(7-10)19-8-13(18)9-2-1-3-11(17)6-9/h1-7,13,18H,8,17H2. The number of benzene rings is 2. The minimum atomic E-state index is -0.594. The summed E-state index contributed by atoms with van der Waals surface area (Å²) in [7, 11) is 0. The fraction of sp³-hybridized carbons (Fsp3) is 0.143. The van der Waals surface area contributed by atoms with Crippen molar-refractivity contribution >= 4 is 40.7 Å². The van der Waals surface area contributed by atoms with E-state index in [0.29, 0.717) is 21.5 Å². The van der Waals surface area contributed by atoms with Crippen molar-refractivity contribution in [3.05, 3.63) is 58.1 Å². The summed E-state index contributed by atoms with van der Waals surface area (Å²) in [4.78, 5) is 0.858. The number of aliphatic hydroxyl groups is 1. The topological polar surface area (TPSA) is 46.2 Å². The van der Waals surface area contributed by atoms with Gasteiger partial charge in [0, 0.05) is 21.4 Å². The summed E-state index contributed by atoms with van der Waals surface area (Å²) in [6.07, 6.45) is -0.594. The van der Waals surface area contributed by atoms with Gasteiger partial charge < -0.3 is 10.8 Å². The smallest absolute Gasteiger partial charge is 0.0884 e. The summed E-state index contributed by atoms with van der Waals surface area (Å²) >= 11 is 13.5. The third-order valence-electron chi connectivity index (χ3n) is 2.59. The van der Waals surface area contributed by atoms with Crippen LogP contribution in [0.25, 0.3) is 0 Å². The normalized spacial score (nSPS) is 12.4. The third kappa shape index (κ3) is 4.05. The van der Waals surface area contributed by atoms with Crippen LogP contribution in [0.15, 0.2) is 47.4 Å². The Morgan fingerprint density at radius 1 is 1.16 bits per heavy atom. The highest BCUT2D eigenvalue weighted by atomic mass is 35.5. The zero-order valence-corrected chi connectivity index (χ0v) is 12.3. The first-order chi connectivity index (χ1) is 9.06. The lowest BCUT2D eigenvalue weighted by molar-refractivity contribution is 0.204. The second-order valence-corrected chi connectivity index (χ2v) is 5.98. The zero-order chi connectivity index (χ0) is 13.8. The number of thioether (sulfide) groups is 1. The Hall–Kier alpha value is -0.870. The van der Waals surface area contributed by atoms with E-state index in [-0.39, 0.29) is 0 Å². The number of hydrogen-bond donors (Lipinski definition) is 2. The molecular formula is C14H13Cl2NOS. The number of anilines is 1. The molecular weight excluding hydrogens is 301 g/mol. The van der Waals surface area contributed by atoms with Gasteiger partial charge in [0.2, 0.25) is 0 Å². The molecule has 100 valence electrons. The van der Waals surface area contributed by atoms with Crippen LogP contribution in [0.2, 0.25) is 10.0 Å². The predicted octanol–water partition coefficient (Wildman–Crippen LogP) is 4.40. The molecule has 0 heterocycles. The van der Waals surface area contributed by atoms with Gasteiger partial charge in [-0.2, -0.15) is 0 Å². The van der Waals surface area contributed by atoms with Gasteiger partial charge in [-0.1, -0.05) is 35.3 Å². The van der Waals surface area contributed by atoms with E-state index in [1.165, 1.54) is 11.8 Å². The average Bonchev–Trinajstić information content (AvgIpc) is 2.39. The molecule has 0 bridgehead atoms. The number of rotatable bonds is 4. The second kappa shape index (κ2) is 6.53. The van der Waals surface area contributed by atoms with E-state index in [4.69, 9.17) is 28.9 Å². The van der Waals surface area contributed by atoms with Gasteiger partial charge >= 0.3 is 0 Å². The van der Waals surface area contributed by atoms with Crippen molar-refractivity contribution in [1.29, 1.82) is 0 Å². The van der Waals surface area contributed by atoms with E-state index in [0.717, 1.165) is 10.5 Å². The van der Waals surface area contributed by atoms with Crippen LogP contribution in [-0.2, 0) is 0 Å². The van der Waals surface area contributed by atoms with E-state index in [1.807, 2.05) is 12.1 Å². The Balaban J connectivity index is 2.04. The van der Waals surface area contributed by atoms with Crippen LogP contribution in [0.1, 0.15) is 11.7 Å². The Labute approximate surface area is 126 Å². The maximum Gasteiger partial charge on any atom is 0.0884 e. The SMILES string of the molecule is Nc1cccc(C(O)CSc2cc(Cl)ccc2Cl)c1. The predicted molar refractivity (Wildman–Crippen MR) is 83.0 cm³/mol. The minimum Gasteiger partial charge on any atom is -0.399 e. The first kappa shape index (κ1) is 14.5. The number of aliphatic hydroxyl groups excluding tert-OH is 1. The maximum atomic E-state index is 10.1. The second-order valence-electron chi connectivity index (χ2n) is 4.07. The van der Waals surface area contributed by atoms with Crippen molar-refractivity contribution in [2.75, 3.05) is 11.5 Å². The molecule has 2 nitrogen and oxygen atoms in total. The fourth-order valence-corrected chi connectivity index (χ4v) is 3.08. The molecule has 0 saturated carbocycles. The van der Waals surface area contributed by atoms with Crippen LogP contribution in [0.5, 0.6) is 0 Å². The van der Waals surface area contributed by atoms with Gasteiger partial charge in [0.15, 0.2) is 0 Å². The lowest BCUT2D eigenvalue weighted by atomic mass is 10.1. The first-order valence-corrected chi connectivity index (χ1v) is 7.42. The molecule has 2 aromatic rings. The molecule has 0 aliphatic rings. The average molecular weight is 314 g/mol. The number of hydrogen-bond acceptors (Lipinski definition) is 3. The van der Waals surface area contributed by atoms with Crippen molar-refractivity contribution in [3.63, 3.8) is 0 Å². The van der Waals surface area contributed by atoms with Gasteiger partial charge in [-0.15, -0.1) is 11.8 Å². The van der Waals surface area contributed by atoms with Gasteiger partial charge in [-0.05, 0) is 35.9 Å². The molecule has 2 rings (SSSR count). The van der Waals surface area contributed by atoms with Gasteiger partial charge in [0.1, 0.15) is 0 Å². The summed E-state index contributed by atoms with van der Waals surface area (Å²) in [6.45, 7) is 0. The first-order valence-electron chi connectivity index (χ1n) is 5.67. The van der Waals surface area contributed by atoms with Gasteiger partial charge in [0.25, 0.3) is 0 Å². The van der Waals surface area contributed by atoms with Crippen molar-refractivity contribution in [2.24, 2.45) is 0 Å². The molecule has 0 aromatic heterocycles. The number of halogens is 2. The fourth-order valence-electron chi connectivity index (χ4n) is 1.62. The quantitative estimate of drug-likeness (QED) is 0.649. The summed E-state index contributed by atoms with van der Waals surface area (Å²) in [6, 6.07) is 12.5. The largest absolute Gasteiger partial charge is 0.399 e. The zero-order valence-electron chi connectivity index (χ0n) is 10.0. The molecule has 0 fully saturated rings. The monoisotopic (exact) mass is 313 g/mol. The molecule has 2 aromatic carbocycles. The van der Waals surface area contributed by atoms with Crippen LogP contribution in [-0.4, -0.2) is 10.9 Å². The summed E-state index contributed by atoms with van der Waals surface area (Å²) in [5.74, 6) is 0.490. The van der Waals surface area contributed by atoms with E-state index in [2.05, 4.69) is 0 Å². The minimum absolute atomic E-state index is 0.490. The highest BCUT2D eigenvalue weighted by Crippen LogP contribution is 2.32. The van der Waals surface area contributed by atoms with E-state index < -0.39 is 6.10 Å². The van der Waals surface area contributed by atoms with E-state index in [1.54, 1.807) is 30.3 Å². The van der Waals surface area contributed by atoms with Gasteiger partial charge in [-0.25, -0.2) is 0 Å². The molecule has 0 aliphatic heterocycles. The molecule has 0 spiro atoms. The molecule has 1 atom stereocenters. The van der Waals surface area contributed by atoms with Crippen LogP contribution >= 0.6 is 35.0 Å². The molecule has 0 saturated heterocycles. The van der Waals surface area contributed by atoms with Crippen molar-refractivity contribution in [2.45, 2.75) is 11.0 Å². The molecule has 0 amide bonds. The molecule has 3 N–H and O–H groups in total. The highest BCUT2D eigenvalue weighted by molar-refractivity contribution is 7.99. The van der Waals surface area contributed by atoms with Crippen molar-refractivity contribution in [1.82, 2.24) is 0 Å². The molecule has 0 aliphatic carbocycles. The lowest BCUT2D eigenvalue weighted by Crippen LogP contribution is -2.01. The summed E-state index contributed by atoms with van der Waals surface area (Å²) < 4.78 is 0. The number of nitrogen functional groups attached to an aromatic ring is 1. The van der Waals surface area contributed by atoms with E-state index in [9.17, 15) is 5.11 Å². The van der Waals surface area contributed by atoms with Crippen LogP contribution in [0.3, 0.4) is 0 Å². The molecule has 0 radical (unpaired) electrons. The third-order valence-corrected chi connectivity index (χ3v) is 4.39.